The summed E-state index contributed by atoms with van der Waals surface area (Å²) >= 11 is 0. The molecule has 0 aliphatic rings. The Morgan fingerprint density at radius 2 is 1.91 bits per heavy atom. The van der Waals surface area contributed by atoms with Gasteiger partial charge in [-0.15, -0.1) is 12.4 Å². The van der Waals surface area contributed by atoms with Crippen LogP contribution in [0, 0.1) is 0 Å². The lowest BCUT2D eigenvalue weighted by Crippen LogP contribution is -2.36. The molecular weight excluding hydrogens is 317 g/mol. The molecule has 2 unspecified atom stereocenters. The number of hydrogen-bond acceptors (Lipinski definition) is 2. The van der Waals surface area contributed by atoms with Crippen LogP contribution >= 0.6 is 12.4 Å². The molecule has 3 nitrogen and oxygen atoms in total. The second-order valence-corrected chi connectivity index (χ2v) is 5.16. The van der Waals surface area contributed by atoms with Crippen molar-refractivity contribution in [3.05, 3.63) is 35.4 Å². The van der Waals surface area contributed by atoms with Gasteiger partial charge in [0.25, 0.3) is 0 Å². The number of carbonyl (C=O) groups is 1. The van der Waals surface area contributed by atoms with E-state index in [1.807, 2.05) is 0 Å². The molecule has 7 heteroatoms. The van der Waals surface area contributed by atoms with Crippen LogP contribution in [0.4, 0.5) is 13.2 Å². The molecule has 0 heterocycles. The topological polar surface area (TPSA) is 46.3 Å². The highest BCUT2D eigenvalue weighted by Gasteiger charge is 2.31. The van der Waals surface area contributed by atoms with Gasteiger partial charge in [0.1, 0.15) is 0 Å². The molecule has 0 saturated heterocycles. The third-order valence-electron chi connectivity index (χ3n) is 3.32. The second kappa shape index (κ2) is 8.39. The molecule has 22 heavy (non-hydrogen) atoms. The molecule has 0 aromatic heterocycles. The maximum atomic E-state index is 12.7. The van der Waals surface area contributed by atoms with E-state index in [-0.39, 0.29) is 30.8 Å². The predicted octanol–water partition coefficient (Wildman–Crippen LogP) is 3.77. The largest absolute Gasteiger partial charge is 0.416 e. The summed E-state index contributed by atoms with van der Waals surface area (Å²) < 4.78 is 38.2. The first-order chi connectivity index (χ1) is 9.66. The molecular formula is C15H22ClF3N2O. The van der Waals surface area contributed by atoms with Crippen LogP contribution in [0.1, 0.15) is 44.4 Å². The minimum atomic E-state index is -4.39. The van der Waals surface area contributed by atoms with Crippen molar-refractivity contribution in [3.8, 4) is 0 Å². The Kier molecular flexibility index (Phi) is 7.90. The average Bonchev–Trinajstić information content (AvgIpc) is 2.37. The number of benzene rings is 1. The summed E-state index contributed by atoms with van der Waals surface area (Å²) in [6.45, 7) is 5.66. The molecule has 1 amide bonds. The van der Waals surface area contributed by atoms with Crippen molar-refractivity contribution in [2.45, 2.75) is 45.5 Å². The average molecular weight is 339 g/mol. The third-order valence-corrected chi connectivity index (χ3v) is 3.32. The van der Waals surface area contributed by atoms with Gasteiger partial charge < -0.3 is 10.6 Å². The summed E-state index contributed by atoms with van der Waals surface area (Å²) in [6, 6.07) is 4.37. The van der Waals surface area contributed by atoms with Crippen molar-refractivity contribution in [1.29, 1.82) is 0 Å². The Labute approximate surface area is 135 Å². The maximum absolute atomic E-state index is 12.7. The Bertz CT molecular complexity index is 492. The fraction of sp³-hybridized carbons (Fsp3) is 0.533. The molecule has 0 saturated carbocycles. The molecule has 1 aromatic carbocycles. The number of amides is 1. The van der Waals surface area contributed by atoms with Crippen LogP contribution in [-0.4, -0.2) is 23.4 Å². The summed E-state index contributed by atoms with van der Waals surface area (Å²) in [5.41, 5.74) is 5.37. The number of nitrogens with two attached hydrogens (primary N) is 1. The Morgan fingerprint density at radius 1 is 1.32 bits per heavy atom. The monoisotopic (exact) mass is 338 g/mol. The van der Waals surface area contributed by atoms with E-state index >= 15 is 0 Å². The van der Waals surface area contributed by atoms with Crippen molar-refractivity contribution < 1.29 is 18.0 Å². The van der Waals surface area contributed by atoms with Crippen LogP contribution in [0.5, 0.6) is 0 Å². The minimum Gasteiger partial charge on any atom is -0.336 e. The van der Waals surface area contributed by atoms with Crippen molar-refractivity contribution in [2.75, 3.05) is 6.54 Å². The molecule has 1 rings (SSSR count). The second-order valence-electron chi connectivity index (χ2n) is 5.16. The van der Waals surface area contributed by atoms with E-state index in [2.05, 4.69) is 0 Å². The van der Waals surface area contributed by atoms with Crippen LogP contribution in [-0.2, 0) is 11.0 Å². The van der Waals surface area contributed by atoms with Gasteiger partial charge in [0.05, 0.1) is 11.6 Å². The Balaban J connectivity index is 0.00000441. The third kappa shape index (κ3) is 5.50. The zero-order chi connectivity index (χ0) is 16.2. The summed E-state index contributed by atoms with van der Waals surface area (Å²) in [6.07, 6.45) is -4.21. The Hall–Kier alpha value is -1.27. The standard InChI is InChI=1S/C15H21F3N2O.ClH/c1-4-20(14(21)8-10(2)19)11(3)12-6-5-7-13(9-12)15(16,17)18;/h5-7,9-11H,4,8,19H2,1-3H3;1H. The van der Waals surface area contributed by atoms with E-state index in [1.54, 1.807) is 31.7 Å². The molecule has 0 aliphatic carbocycles. The van der Waals surface area contributed by atoms with Gasteiger partial charge >= 0.3 is 6.18 Å². The van der Waals surface area contributed by atoms with Crippen LogP contribution in [0.2, 0.25) is 0 Å². The van der Waals surface area contributed by atoms with E-state index in [9.17, 15) is 18.0 Å². The summed E-state index contributed by atoms with van der Waals surface area (Å²) in [7, 11) is 0. The summed E-state index contributed by atoms with van der Waals surface area (Å²) in [5.74, 6) is -0.155. The molecule has 2 N–H and O–H groups in total. The van der Waals surface area contributed by atoms with Crippen molar-refractivity contribution >= 4 is 18.3 Å². The highest BCUT2D eigenvalue weighted by Crippen LogP contribution is 2.32. The Morgan fingerprint density at radius 3 is 2.36 bits per heavy atom. The molecule has 126 valence electrons. The SMILES string of the molecule is CCN(C(=O)CC(C)N)C(C)c1cccc(C(F)(F)F)c1.Cl. The number of carbonyl (C=O) groups excluding carboxylic acids is 1. The lowest BCUT2D eigenvalue weighted by Gasteiger charge is -2.29. The summed E-state index contributed by atoms with van der Waals surface area (Å²) in [4.78, 5) is 13.6. The van der Waals surface area contributed by atoms with Gasteiger partial charge in [0, 0.05) is 19.0 Å². The molecule has 0 aliphatic heterocycles. The van der Waals surface area contributed by atoms with Gasteiger partial charge in [-0.1, -0.05) is 12.1 Å². The van der Waals surface area contributed by atoms with Crippen LogP contribution < -0.4 is 5.73 Å². The zero-order valence-electron chi connectivity index (χ0n) is 12.9. The molecule has 0 fully saturated rings. The van der Waals surface area contributed by atoms with E-state index in [4.69, 9.17) is 5.73 Å². The molecule has 0 spiro atoms. The maximum Gasteiger partial charge on any atom is 0.416 e. The number of rotatable bonds is 5. The van der Waals surface area contributed by atoms with E-state index in [0.29, 0.717) is 12.1 Å². The van der Waals surface area contributed by atoms with Crippen LogP contribution in [0.15, 0.2) is 24.3 Å². The minimum absolute atomic E-state index is 0. The molecule has 0 bridgehead atoms. The predicted molar refractivity (Wildman–Crippen MR) is 82.8 cm³/mol. The van der Waals surface area contributed by atoms with Gasteiger partial charge in [-0.25, -0.2) is 0 Å². The number of hydrogen-bond donors (Lipinski definition) is 1. The molecule has 1 aromatic rings. The number of halogens is 4. The molecule has 2 atom stereocenters. The van der Waals surface area contributed by atoms with E-state index in [1.165, 1.54) is 6.07 Å². The van der Waals surface area contributed by atoms with E-state index < -0.39 is 17.8 Å². The van der Waals surface area contributed by atoms with Gasteiger partial charge in [0.2, 0.25) is 5.91 Å². The van der Waals surface area contributed by atoms with Gasteiger partial charge in [-0.2, -0.15) is 13.2 Å². The van der Waals surface area contributed by atoms with Crippen molar-refractivity contribution in [3.63, 3.8) is 0 Å². The highest BCUT2D eigenvalue weighted by molar-refractivity contribution is 5.85. The normalized spacial score (nSPS) is 14.0. The van der Waals surface area contributed by atoms with Crippen LogP contribution in [0.25, 0.3) is 0 Å². The number of alkyl halides is 3. The lowest BCUT2D eigenvalue weighted by molar-refractivity contribution is -0.137. The van der Waals surface area contributed by atoms with Crippen LogP contribution in [0.3, 0.4) is 0 Å². The fourth-order valence-corrected chi connectivity index (χ4v) is 2.21. The zero-order valence-corrected chi connectivity index (χ0v) is 13.7. The first-order valence-electron chi connectivity index (χ1n) is 6.89. The quantitative estimate of drug-likeness (QED) is 0.888. The first kappa shape index (κ1) is 20.7. The van der Waals surface area contributed by atoms with Gasteiger partial charge in [-0.3, -0.25) is 4.79 Å². The smallest absolute Gasteiger partial charge is 0.336 e. The van der Waals surface area contributed by atoms with Crippen molar-refractivity contribution in [1.82, 2.24) is 4.90 Å². The molecule has 0 radical (unpaired) electrons. The highest BCUT2D eigenvalue weighted by atomic mass is 35.5. The number of nitrogens with zero attached hydrogens (tertiary/aromatic N) is 1. The first-order valence-corrected chi connectivity index (χ1v) is 6.89. The van der Waals surface area contributed by atoms with Gasteiger partial charge in [-0.05, 0) is 38.5 Å². The van der Waals surface area contributed by atoms with E-state index in [0.717, 1.165) is 12.1 Å². The lowest BCUT2D eigenvalue weighted by atomic mass is 10.0. The van der Waals surface area contributed by atoms with Crippen molar-refractivity contribution in [2.24, 2.45) is 5.73 Å². The van der Waals surface area contributed by atoms with Gasteiger partial charge in [0.15, 0.2) is 0 Å². The summed E-state index contributed by atoms with van der Waals surface area (Å²) in [5, 5.41) is 0. The fourth-order valence-electron chi connectivity index (χ4n) is 2.21.